The molecule has 0 spiro atoms. The maximum atomic E-state index is 13.1. The highest BCUT2D eigenvalue weighted by Crippen LogP contribution is 2.21. The Hall–Kier alpha value is -3.08. The number of benzene rings is 1. The molecule has 1 aromatic carbocycles. The molecule has 2 aromatic rings. The summed E-state index contributed by atoms with van der Waals surface area (Å²) in [6.07, 6.45) is 1.24. The average Bonchev–Trinajstić information content (AvgIpc) is 2.96. The minimum atomic E-state index is -0.344. The highest BCUT2D eigenvalue weighted by Gasteiger charge is 2.16. The van der Waals surface area contributed by atoms with Gasteiger partial charge in [0.05, 0.1) is 11.4 Å². The van der Waals surface area contributed by atoms with Gasteiger partial charge in [0.2, 0.25) is 0 Å². The largest absolute Gasteiger partial charge is 0.382 e. The second-order valence-electron chi connectivity index (χ2n) is 5.72. The van der Waals surface area contributed by atoms with Crippen LogP contribution in [0, 0.1) is 17.1 Å². The summed E-state index contributed by atoms with van der Waals surface area (Å²) in [7, 11) is 0. The van der Waals surface area contributed by atoms with Gasteiger partial charge in [-0.3, -0.25) is 4.99 Å². The third-order valence-corrected chi connectivity index (χ3v) is 4.11. The number of nitrogens with zero attached hydrogens (tertiary/aromatic N) is 5. The van der Waals surface area contributed by atoms with Crippen LogP contribution in [0.4, 0.5) is 10.2 Å². The normalized spacial score (nSPS) is 11.4. The topological polar surface area (TPSA) is 109 Å². The molecule has 0 atom stereocenters. The van der Waals surface area contributed by atoms with E-state index in [2.05, 4.69) is 16.2 Å². The molecule has 0 radical (unpaired) electrons. The molecule has 0 saturated carbocycles. The Morgan fingerprint density at radius 3 is 2.54 bits per heavy atom. The lowest BCUT2D eigenvalue weighted by atomic mass is 10.1. The molecule has 2 rings (SSSR count). The number of hydrogen-bond acceptors (Lipinski definition) is 4. The van der Waals surface area contributed by atoms with Gasteiger partial charge in [-0.15, -0.1) is 0 Å². The molecule has 0 unspecified atom stereocenters. The van der Waals surface area contributed by atoms with E-state index < -0.39 is 0 Å². The van der Waals surface area contributed by atoms with Crippen LogP contribution in [0.15, 0.2) is 29.3 Å². The molecule has 138 valence electrons. The minimum Gasteiger partial charge on any atom is -0.382 e. The van der Waals surface area contributed by atoms with Crippen molar-refractivity contribution in [1.82, 2.24) is 14.7 Å². The molecule has 0 amide bonds. The molecular formula is C18H24FN7. The van der Waals surface area contributed by atoms with E-state index >= 15 is 0 Å². The van der Waals surface area contributed by atoms with Gasteiger partial charge in [-0.2, -0.15) is 10.4 Å². The predicted molar refractivity (Wildman–Crippen MR) is 100 cm³/mol. The lowest BCUT2D eigenvalue weighted by molar-refractivity contribution is 0.458. The van der Waals surface area contributed by atoms with Gasteiger partial charge in [-0.1, -0.05) is 0 Å². The lowest BCUT2D eigenvalue weighted by Crippen LogP contribution is -2.37. The van der Waals surface area contributed by atoms with Gasteiger partial charge in [0, 0.05) is 19.6 Å². The average molecular weight is 357 g/mol. The SMILES string of the molecule is CCN(CC)C(N)=NCCCc1nn(-c2ccc(F)cc2)c(N)c1C#N. The molecule has 0 saturated heterocycles. The van der Waals surface area contributed by atoms with Crippen LogP contribution in [0.2, 0.25) is 0 Å². The molecule has 4 N–H and O–H groups in total. The van der Waals surface area contributed by atoms with E-state index in [0.29, 0.717) is 42.3 Å². The van der Waals surface area contributed by atoms with E-state index in [-0.39, 0.29) is 11.6 Å². The van der Waals surface area contributed by atoms with E-state index in [1.807, 2.05) is 18.7 Å². The third-order valence-electron chi connectivity index (χ3n) is 4.11. The van der Waals surface area contributed by atoms with E-state index in [0.717, 1.165) is 13.1 Å². The molecule has 8 heteroatoms. The number of rotatable bonds is 7. The Bertz CT molecular complexity index is 798. The molecule has 7 nitrogen and oxygen atoms in total. The van der Waals surface area contributed by atoms with Gasteiger partial charge in [-0.05, 0) is 51.0 Å². The summed E-state index contributed by atoms with van der Waals surface area (Å²) in [5.41, 5.74) is 13.5. The van der Waals surface area contributed by atoms with Crippen LogP contribution >= 0.6 is 0 Å². The highest BCUT2D eigenvalue weighted by molar-refractivity contribution is 5.77. The molecule has 0 fully saturated rings. The summed E-state index contributed by atoms with van der Waals surface area (Å²) < 4.78 is 14.6. The van der Waals surface area contributed by atoms with Crippen molar-refractivity contribution in [3.8, 4) is 11.8 Å². The predicted octanol–water partition coefficient (Wildman–Crippen LogP) is 2.05. The van der Waals surface area contributed by atoms with Crippen LogP contribution in [0.1, 0.15) is 31.5 Å². The summed E-state index contributed by atoms with van der Waals surface area (Å²) >= 11 is 0. The van der Waals surface area contributed by atoms with Crippen LogP contribution in [0.3, 0.4) is 0 Å². The number of anilines is 1. The maximum Gasteiger partial charge on any atom is 0.191 e. The Balaban J connectivity index is 2.11. The zero-order valence-corrected chi connectivity index (χ0v) is 15.1. The summed E-state index contributed by atoms with van der Waals surface area (Å²) in [6.45, 7) is 6.20. The van der Waals surface area contributed by atoms with Crippen molar-refractivity contribution in [2.75, 3.05) is 25.4 Å². The quantitative estimate of drug-likeness (QED) is 0.448. The number of guanidine groups is 1. The number of aliphatic imine (C=N–C) groups is 1. The van der Waals surface area contributed by atoms with E-state index in [9.17, 15) is 9.65 Å². The molecule has 1 heterocycles. The fourth-order valence-corrected chi connectivity index (χ4v) is 2.64. The Kier molecular flexibility index (Phi) is 6.55. The van der Waals surface area contributed by atoms with Crippen LogP contribution in [0.25, 0.3) is 5.69 Å². The third kappa shape index (κ3) is 4.30. The number of nitriles is 1. The summed E-state index contributed by atoms with van der Waals surface area (Å²) in [5.74, 6) is 0.427. The lowest BCUT2D eigenvalue weighted by Gasteiger charge is -2.19. The summed E-state index contributed by atoms with van der Waals surface area (Å²) in [6, 6.07) is 7.89. The van der Waals surface area contributed by atoms with E-state index in [1.54, 1.807) is 12.1 Å². The zero-order chi connectivity index (χ0) is 19.1. The first-order valence-corrected chi connectivity index (χ1v) is 8.60. The number of aromatic nitrogens is 2. The highest BCUT2D eigenvalue weighted by atomic mass is 19.1. The van der Waals surface area contributed by atoms with Crippen LogP contribution in [-0.4, -0.2) is 40.3 Å². The first-order valence-electron chi connectivity index (χ1n) is 8.60. The number of aryl methyl sites for hydroxylation is 1. The van der Waals surface area contributed by atoms with Crippen molar-refractivity contribution in [2.45, 2.75) is 26.7 Å². The van der Waals surface area contributed by atoms with E-state index in [4.69, 9.17) is 11.5 Å². The van der Waals surface area contributed by atoms with Crippen LogP contribution in [-0.2, 0) is 6.42 Å². The minimum absolute atomic E-state index is 0.250. The molecule has 1 aromatic heterocycles. The molecule has 0 bridgehead atoms. The van der Waals surface area contributed by atoms with Crippen LogP contribution in [0.5, 0.6) is 0 Å². The number of halogens is 1. The monoisotopic (exact) mass is 357 g/mol. The summed E-state index contributed by atoms with van der Waals surface area (Å²) in [4.78, 5) is 6.34. The first-order chi connectivity index (χ1) is 12.5. The standard InChI is InChI=1S/C18H24FN7/c1-3-25(4-2)18(22)23-11-5-6-16-15(12-20)17(21)26(24-16)14-9-7-13(19)8-10-14/h7-10H,3-6,11,21H2,1-2H3,(H2,22,23). The van der Waals surface area contributed by atoms with E-state index in [1.165, 1.54) is 16.8 Å². The van der Waals surface area contributed by atoms with Gasteiger partial charge in [0.25, 0.3) is 0 Å². The van der Waals surface area contributed by atoms with Crippen molar-refractivity contribution >= 4 is 11.8 Å². The second kappa shape index (κ2) is 8.85. The van der Waals surface area contributed by atoms with Crippen molar-refractivity contribution in [2.24, 2.45) is 10.7 Å². The van der Waals surface area contributed by atoms with Gasteiger partial charge in [-0.25, -0.2) is 9.07 Å². The Morgan fingerprint density at radius 2 is 1.96 bits per heavy atom. The van der Waals surface area contributed by atoms with Crippen molar-refractivity contribution in [3.05, 3.63) is 41.3 Å². The molecule has 26 heavy (non-hydrogen) atoms. The fourth-order valence-electron chi connectivity index (χ4n) is 2.64. The molecule has 0 aliphatic carbocycles. The first kappa shape index (κ1) is 19.2. The van der Waals surface area contributed by atoms with Crippen molar-refractivity contribution in [1.29, 1.82) is 5.26 Å². The number of nitrogen functional groups attached to an aromatic ring is 1. The molecule has 0 aliphatic rings. The second-order valence-corrected chi connectivity index (χ2v) is 5.72. The van der Waals surface area contributed by atoms with Crippen LogP contribution < -0.4 is 11.5 Å². The number of hydrogen-bond donors (Lipinski definition) is 2. The molecule has 0 aliphatic heterocycles. The van der Waals surface area contributed by atoms with Crippen molar-refractivity contribution in [3.63, 3.8) is 0 Å². The fraction of sp³-hybridized carbons (Fsp3) is 0.389. The zero-order valence-electron chi connectivity index (χ0n) is 15.1. The van der Waals surface area contributed by atoms with Crippen molar-refractivity contribution < 1.29 is 4.39 Å². The van der Waals surface area contributed by atoms with Gasteiger partial charge in [0.15, 0.2) is 5.96 Å². The van der Waals surface area contributed by atoms with Gasteiger partial charge < -0.3 is 16.4 Å². The maximum absolute atomic E-state index is 13.1. The Morgan fingerprint density at radius 1 is 1.31 bits per heavy atom. The summed E-state index contributed by atoms with van der Waals surface area (Å²) in [5, 5.41) is 13.8. The van der Waals surface area contributed by atoms with Gasteiger partial charge >= 0.3 is 0 Å². The molecular weight excluding hydrogens is 333 g/mol. The van der Waals surface area contributed by atoms with Gasteiger partial charge in [0.1, 0.15) is 23.3 Å². The smallest absolute Gasteiger partial charge is 0.191 e. The Labute approximate surface area is 152 Å². The number of nitrogens with two attached hydrogens (primary N) is 2.